The van der Waals surface area contributed by atoms with Gasteiger partial charge in [-0.05, 0) is 31.2 Å². The van der Waals surface area contributed by atoms with E-state index in [1.54, 1.807) is 12.1 Å². The van der Waals surface area contributed by atoms with Gasteiger partial charge in [0.05, 0.1) is 6.61 Å². The molecule has 0 aliphatic carbocycles. The molecule has 0 amide bonds. The van der Waals surface area contributed by atoms with Crippen molar-refractivity contribution in [3.63, 3.8) is 0 Å². The molecule has 0 bridgehead atoms. The molecule has 15 heavy (non-hydrogen) atoms. The van der Waals surface area contributed by atoms with Crippen molar-refractivity contribution in [2.24, 2.45) is 0 Å². The van der Waals surface area contributed by atoms with Gasteiger partial charge < -0.3 is 9.84 Å². The summed E-state index contributed by atoms with van der Waals surface area (Å²) in [6.45, 7) is 2.39. The summed E-state index contributed by atoms with van der Waals surface area (Å²) < 4.78 is 5.18. The van der Waals surface area contributed by atoms with Crippen LogP contribution in [0.5, 0.6) is 5.75 Å². The minimum Gasteiger partial charge on any atom is -0.494 e. The molecule has 1 aromatic carbocycles. The maximum absolute atomic E-state index is 10.6. The first kappa shape index (κ1) is 11.0. The van der Waals surface area contributed by atoms with Crippen LogP contribution in [0.1, 0.15) is 12.5 Å². The minimum absolute atomic E-state index is 0.320. The van der Waals surface area contributed by atoms with E-state index in [4.69, 9.17) is 9.84 Å². The summed E-state index contributed by atoms with van der Waals surface area (Å²) in [5.74, 6) is 0.748. The fraction of sp³-hybridized carbons (Fsp3) is 0.182. The number of carbonyl (C=O) groups is 1. The Balaban J connectivity index is 2.98. The van der Waals surface area contributed by atoms with Crippen molar-refractivity contribution in [2.75, 3.05) is 6.61 Å². The van der Waals surface area contributed by atoms with Crippen LogP contribution in [0, 0.1) is 0 Å². The van der Waals surface area contributed by atoms with Gasteiger partial charge in [-0.2, -0.15) is 0 Å². The number of hydrogen-bond donors (Lipinski definition) is 1. The van der Waals surface area contributed by atoms with Crippen LogP contribution in [0.25, 0.3) is 5.57 Å². The van der Waals surface area contributed by atoms with Crippen molar-refractivity contribution in [1.82, 2.24) is 0 Å². The lowest BCUT2D eigenvalue weighted by molar-refractivity contribution is -0.130. The van der Waals surface area contributed by atoms with E-state index in [1.165, 1.54) is 18.1 Å². The van der Waals surface area contributed by atoms with Gasteiger partial charge in [-0.25, -0.2) is 9.59 Å². The predicted molar refractivity (Wildman–Crippen MR) is 54.3 cm³/mol. The highest BCUT2D eigenvalue weighted by molar-refractivity contribution is 6.24. The number of ether oxygens (including phenoxy) is 1. The van der Waals surface area contributed by atoms with E-state index < -0.39 is 5.97 Å². The molecular weight excluding hydrogens is 196 g/mol. The molecule has 4 heteroatoms. The smallest absolute Gasteiger partial charge is 0.347 e. The predicted octanol–water partition coefficient (Wildman–Crippen LogP) is 1.38. The highest BCUT2D eigenvalue weighted by Crippen LogP contribution is 2.17. The molecule has 0 atom stereocenters. The van der Waals surface area contributed by atoms with Crippen molar-refractivity contribution < 1.29 is 19.4 Å². The van der Waals surface area contributed by atoms with Crippen molar-refractivity contribution in [3.8, 4) is 5.75 Å². The number of benzene rings is 1. The van der Waals surface area contributed by atoms with E-state index in [1.807, 2.05) is 6.92 Å². The summed E-state index contributed by atoms with van der Waals surface area (Å²) in [4.78, 5) is 21.0. The molecule has 0 aromatic heterocycles. The van der Waals surface area contributed by atoms with Gasteiger partial charge in [-0.15, -0.1) is 0 Å². The van der Waals surface area contributed by atoms with Crippen LogP contribution in [0.15, 0.2) is 24.3 Å². The van der Waals surface area contributed by atoms with E-state index in [-0.39, 0.29) is 5.57 Å². The largest absolute Gasteiger partial charge is 0.494 e. The molecule has 0 aliphatic heterocycles. The Kier molecular flexibility index (Phi) is 3.66. The Labute approximate surface area is 86.8 Å². The molecule has 1 rings (SSSR count). The minimum atomic E-state index is -1.28. The molecule has 0 saturated carbocycles. The zero-order valence-corrected chi connectivity index (χ0v) is 8.19. The molecule has 0 saturated heterocycles. The molecule has 0 fully saturated rings. The van der Waals surface area contributed by atoms with E-state index in [9.17, 15) is 9.59 Å². The lowest BCUT2D eigenvalue weighted by Crippen LogP contribution is -2.00. The second-order valence-corrected chi connectivity index (χ2v) is 2.74. The van der Waals surface area contributed by atoms with Gasteiger partial charge in [0.2, 0.25) is 0 Å². The third kappa shape index (κ3) is 2.69. The summed E-state index contributed by atoms with van der Waals surface area (Å²) in [7, 11) is 0. The van der Waals surface area contributed by atoms with Gasteiger partial charge >= 0.3 is 5.97 Å². The first-order valence-corrected chi connectivity index (χ1v) is 4.40. The van der Waals surface area contributed by atoms with Gasteiger partial charge in [-0.1, -0.05) is 0 Å². The first-order valence-electron chi connectivity index (χ1n) is 4.40. The summed E-state index contributed by atoms with van der Waals surface area (Å²) in [5.41, 5.74) is -0.0565. The van der Waals surface area contributed by atoms with Gasteiger partial charge in [0.25, 0.3) is 0 Å². The van der Waals surface area contributed by atoms with E-state index >= 15 is 0 Å². The van der Waals surface area contributed by atoms with Crippen LogP contribution in [0.2, 0.25) is 0 Å². The highest BCUT2D eigenvalue weighted by Gasteiger charge is 2.11. The third-order valence-electron chi connectivity index (χ3n) is 1.77. The molecule has 1 aromatic rings. The van der Waals surface area contributed by atoms with Gasteiger partial charge in [0, 0.05) is 5.56 Å². The van der Waals surface area contributed by atoms with Crippen LogP contribution >= 0.6 is 0 Å². The second-order valence-electron chi connectivity index (χ2n) is 2.74. The Bertz CT molecular complexity index is 399. The van der Waals surface area contributed by atoms with Crippen molar-refractivity contribution in [2.45, 2.75) is 6.92 Å². The second kappa shape index (κ2) is 4.98. The van der Waals surface area contributed by atoms with Gasteiger partial charge in [0.1, 0.15) is 11.7 Å². The van der Waals surface area contributed by atoms with Crippen LogP contribution in [0.4, 0.5) is 0 Å². The molecule has 0 spiro atoms. The summed E-state index contributed by atoms with van der Waals surface area (Å²) in [6, 6.07) is 6.25. The average Bonchev–Trinajstić information content (AvgIpc) is 2.21. The number of carboxylic acid groups (broad SMARTS) is 1. The first-order chi connectivity index (χ1) is 7.19. The maximum atomic E-state index is 10.6. The lowest BCUT2D eigenvalue weighted by Gasteiger charge is -2.03. The molecule has 78 valence electrons. The summed E-state index contributed by atoms with van der Waals surface area (Å²) in [6.07, 6.45) is 0. The summed E-state index contributed by atoms with van der Waals surface area (Å²) >= 11 is 0. The molecule has 0 unspecified atom stereocenters. The van der Waals surface area contributed by atoms with Crippen LogP contribution in [-0.4, -0.2) is 23.6 Å². The Morgan fingerprint density at radius 1 is 1.40 bits per heavy atom. The number of hydrogen-bond acceptors (Lipinski definition) is 3. The average molecular weight is 206 g/mol. The fourth-order valence-corrected chi connectivity index (χ4v) is 1.11. The molecule has 1 N–H and O–H groups in total. The van der Waals surface area contributed by atoms with Crippen LogP contribution in [-0.2, 0) is 9.59 Å². The van der Waals surface area contributed by atoms with Crippen molar-refractivity contribution in [3.05, 3.63) is 29.8 Å². The fourth-order valence-electron chi connectivity index (χ4n) is 1.11. The zero-order valence-electron chi connectivity index (χ0n) is 8.19. The Morgan fingerprint density at radius 3 is 2.40 bits per heavy atom. The molecule has 0 heterocycles. The number of carboxylic acids is 1. The van der Waals surface area contributed by atoms with Crippen LogP contribution in [0.3, 0.4) is 0 Å². The molecule has 0 radical (unpaired) electrons. The van der Waals surface area contributed by atoms with Crippen LogP contribution < -0.4 is 4.74 Å². The molecule has 0 aliphatic rings. The number of aliphatic carboxylic acids is 1. The monoisotopic (exact) mass is 206 g/mol. The normalized spacial score (nSPS) is 9.13. The molecular formula is C11H10O4. The standard InChI is InChI=1S/C11H10O4/c1-2-15-9-5-3-8(4-6-9)10(7-12)11(13)14/h3-6H,2H2,1H3,(H,13,14). The van der Waals surface area contributed by atoms with E-state index in [0.29, 0.717) is 17.9 Å². The Morgan fingerprint density at radius 2 is 2.00 bits per heavy atom. The number of carbonyl (C=O) groups excluding carboxylic acids is 1. The van der Waals surface area contributed by atoms with Crippen molar-refractivity contribution in [1.29, 1.82) is 0 Å². The lowest BCUT2D eigenvalue weighted by atomic mass is 10.1. The highest BCUT2D eigenvalue weighted by atomic mass is 16.5. The van der Waals surface area contributed by atoms with E-state index in [0.717, 1.165) is 0 Å². The van der Waals surface area contributed by atoms with Gasteiger partial charge in [-0.3, -0.25) is 0 Å². The third-order valence-corrected chi connectivity index (χ3v) is 1.77. The SMILES string of the molecule is CCOc1ccc(C(=C=O)C(=O)O)cc1. The summed E-state index contributed by atoms with van der Waals surface area (Å²) in [5, 5.41) is 8.67. The maximum Gasteiger partial charge on any atom is 0.347 e. The Hall–Kier alpha value is -2.06. The number of rotatable bonds is 4. The topological polar surface area (TPSA) is 63.6 Å². The van der Waals surface area contributed by atoms with E-state index in [2.05, 4.69) is 0 Å². The quantitative estimate of drug-likeness (QED) is 0.597. The van der Waals surface area contributed by atoms with Crippen molar-refractivity contribution >= 4 is 17.5 Å². The molecule has 4 nitrogen and oxygen atoms in total. The zero-order chi connectivity index (χ0) is 11.3. The van der Waals surface area contributed by atoms with Gasteiger partial charge in [0.15, 0.2) is 5.57 Å².